The van der Waals surface area contributed by atoms with E-state index in [0.29, 0.717) is 11.7 Å². The molecule has 0 saturated heterocycles. The molecule has 5 nitrogen and oxygen atoms in total. The Labute approximate surface area is 105 Å². The van der Waals surface area contributed by atoms with Crippen LogP contribution in [0.15, 0.2) is 12.7 Å². The van der Waals surface area contributed by atoms with Crippen LogP contribution in [0.3, 0.4) is 0 Å². The number of urea groups is 1. The molecule has 0 aliphatic carbocycles. The SMILES string of the molecule is C=CCNC(=O)Nc1nc2c(s1)CN(C)CC2. The number of carbonyl (C=O) groups is 1. The van der Waals surface area contributed by atoms with E-state index in [4.69, 9.17) is 0 Å². The average Bonchev–Trinajstić information content (AvgIpc) is 2.67. The minimum Gasteiger partial charge on any atom is -0.334 e. The van der Waals surface area contributed by atoms with Crippen LogP contribution in [-0.2, 0) is 13.0 Å². The molecule has 0 saturated carbocycles. The van der Waals surface area contributed by atoms with E-state index < -0.39 is 0 Å². The van der Waals surface area contributed by atoms with E-state index in [1.54, 1.807) is 17.4 Å². The summed E-state index contributed by atoms with van der Waals surface area (Å²) < 4.78 is 0. The van der Waals surface area contributed by atoms with Gasteiger partial charge in [0.05, 0.1) is 5.69 Å². The standard InChI is InChI=1S/C11H16N4OS/c1-3-5-12-10(16)14-11-13-8-4-6-15(2)7-9(8)17-11/h3H,1,4-7H2,2H3,(H2,12,13,14,16). The molecule has 0 radical (unpaired) electrons. The highest BCUT2D eigenvalue weighted by Crippen LogP contribution is 2.27. The number of fused-ring (bicyclic) bond motifs is 1. The lowest BCUT2D eigenvalue weighted by Gasteiger charge is -2.20. The average molecular weight is 252 g/mol. The summed E-state index contributed by atoms with van der Waals surface area (Å²) >= 11 is 1.55. The maximum Gasteiger partial charge on any atom is 0.321 e. The van der Waals surface area contributed by atoms with Gasteiger partial charge in [0.25, 0.3) is 0 Å². The molecule has 2 rings (SSSR count). The van der Waals surface area contributed by atoms with Crippen LogP contribution in [0.25, 0.3) is 0 Å². The van der Waals surface area contributed by atoms with Gasteiger partial charge >= 0.3 is 6.03 Å². The molecule has 1 aliphatic heterocycles. The number of nitrogens with zero attached hydrogens (tertiary/aromatic N) is 2. The Hall–Kier alpha value is -1.40. The van der Waals surface area contributed by atoms with Gasteiger partial charge in [-0.05, 0) is 7.05 Å². The lowest BCUT2D eigenvalue weighted by atomic mass is 10.2. The summed E-state index contributed by atoms with van der Waals surface area (Å²) in [6, 6.07) is -0.232. The highest BCUT2D eigenvalue weighted by molar-refractivity contribution is 7.15. The second kappa shape index (κ2) is 5.29. The van der Waals surface area contributed by atoms with Crippen LogP contribution in [0, 0.1) is 0 Å². The summed E-state index contributed by atoms with van der Waals surface area (Å²) in [4.78, 5) is 19.4. The van der Waals surface area contributed by atoms with Crippen LogP contribution in [0.4, 0.5) is 9.93 Å². The molecule has 1 aliphatic rings. The summed E-state index contributed by atoms with van der Waals surface area (Å²) in [5.41, 5.74) is 1.12. The van der Waals surface area contributed by atoms with Crippen LogP contribution in [0.2, 0.25) is 0 Å². The number of aromatic nitrogens is 1. The number of carbonyl (C=O) groups excluding carboxylic acids is 1. The molecule has 2 N–H and O–H groups in total. The molecule has 2 heterocycles. The molecule has 0 bridgehead atoms. The monoisotopic (exact) mass is 252 g/mol. The van der Waals surface area contributed by atoms with Crippen LogP contribution in [0.1, 0.15) is 10.6 Å². The van der Waals surface area contributed by atoms with Crippen molar-refractivity contribution in [3.05, 3.63) is 23.2 Å². The first-order chi connectivity index (χ1) is 8.19. The topological polar surface area (TPSA) is 57.3 Å². The van der Waals surface area contributed by atoms with E-state index in [1.807, 2.05) is 0 Å². The van der Waals surface area contributed by atoms with Crippen LogP contribution in [0.5, 0.6) is 0 Å². The summed E-state index contributed by atoms with van der Waals surface area (Å²) in [6.45, 7) is 5.94. The van der Waals surface area contributed by atoms with Crippen molar-refractivity contribution in [2.45, 2.75) is 13.0 Å². The Bertz CT molecular complexity index is 429. The molecule has 0 fully saturated rings. The molecule has 1 aromatic heterocycles. The van der Waals surface area contributed by atoms with Gasteiger partial charge < -0.3 is 10.2 Å². The van der Waals surface area contributed by atoms with Gasteiger partial charge in [-0.25, -0.2) is 9.78 Å². The maximum absolute atomic E-state index is 11.4. The maximum atomic E-state index is 11.4. The number of rotatable bonds is 3. The fraction of sp³-hybridized carbons (Fsp3) is 0.455. The van der Waals surface area contributed by atoms with Gasteiger partial charge in [0.15, 0.2) is 5.13 Å². The van der Waals surface area contributed by atoms with Crippen molar-refractivity contribution in [3.8, 4) is 0 Å². The minimum absolute atomic E-state index is 0.232. The summed E-state index contributed by atoms with van der Waals surface area (Å²) in [5, 5.41) is 6.07. The van der Waals surface area contributed by atoms with Gasteiger partial charge in [-0.1, -0.05) is 6.08 Å². The Kier molecular flexibility index (Phi) is 3.75. The van der Waals surface area contributed by atoms with Crippen molar-refractivity contribution in [2.24, 2.45) is 0 Å². The largest absolute Gasteiger partial charge is 0.334 e. The predicted octanol–water partition coefficient (Wildman–Crippen LogP) is 1.44. The first kappa shape index (κ1) is 12.1. The smallest absolute Gasteiger partial charge is 0.321 e. The second-order valence-corrected chi connectivity index (χ2v) is 5.08. The van der Waals surface area contributed by atoms with Crippen LogP contribution < -0.4 is 10.6 Å². The summed E-state index contributed by atoms with van der Waals surface area (Å²) in [7, 11) is 2.09. The molecular formula is C11H16N4OS. The van der Waals surface area contributed by atoms with E-state index in [1.165, 1.54) is 4.88 Å². The van der Waals surface area contributed by atoms with Gasteiger partial charge in [0.2, 0.25) is 0 Å². The number of likely N-dealkylation sites (N-methyl/N-ethyl adjacent to an activating group) is 1. The predicted molar refractivity (Wildman–Crippen MR) is 69.4 cm³/mol. The molecule has 0 atom stereocenters. The number of nitrogens with one attached hydrogen (secondary N) is 2. The lowest BCUT2D eigenvalue weighted by molar-refractivity contribution is 0.253. The number of hydrogen-bond donors (Lipinski definition) is 2. The summed E-state index contributed by atoms with van der Waals surface area (Å²) in [5.74, 6) is 0. The third kappa shape index (κ3) is 3.04. The zero-order chi connectivity index (χ0) is 12.3. The van der Waals surface area contributed by atoms with Crippen molar-refractivity contribution in [2.75, 3.05) is 25.5 Å². The number of hydrogen-bond acceptors (Lipinski definition) is 4. The van der Waals surface area contributed by atoms with Gasteiger partial charge in [-0.3, -0.25) is 5.32 Å². The molecule has 6 heteroatoms. The zero-order valence-corrected chi connectivity index (χ0v) is 10.6. The minimum atomic E-state index is -0.232. The van der Waals surface area contributed by atoms with E-state index in [2.05, 4.69) is 34.1 Å². The van der Waals surface area contributed by atoms with Crippen LogP contribution >= 0.6 is 11.3 Å². The normalized spacial score (nSPS) is 15.1. The Morgan fingerprint density at radius 1 is 1.71 bits per heavy atom. The van der Waals surface area contributed by atoms with Gasteiger partial charge in [0.1, 0.15) is 0 Å². The molecule has 1 aromatic rings. The number of thiazole rings is 1. The molecule has 17 heavy (non-hydrogen) atoms. The quantitative estimate of drug-likeness (QED) is 0.800. The Balaban J connectivity index is 1.98. The number of anilines is 1. The van der Waals surface area contributed by atoms with E-state index in [0.717, 1.165) is 25.2 Å². The molecule has 2 amide bonds. The first-order valence-corrected chi connectivity index (χ1v) is 6.33. The second-order valence-electron chi connectivity index (χ2n) is 4.00. The highest BCUT2D eigenvalue weighted by atomic mass is 32.1. The Morgan fingerprint density at radius 3 is 3.29 bits per heavy atom. The van der Waals surface area contributed by atoms with Crippen molar-refractivity contribution in [1.29, 1.82) is 0 Å². The van der Waals surface area contributed by atoms with Gasteiger partial charge in [0, 0.05) is 30.9 Å². The Morgan fingerprint density at radius 2 is 2.53 bits per heavy atom. The van der Waals surface area contributed by atoms with Crippen LogP contribution in [-0.4, -0.2) is 36.1 Å². The van der Waals surface area contributed by atoms with E-state index >= 15 is 0 Å². The molecule has 0 aromatic carbocycles. The third-order valence-corrected chi connectivity index (χ3v) is 3.55. The molecule has 0 spiro atoms. The van der Waals surface area contributed by atoms with E-state index in [-0.39, 0.29) is 6.03 Å². The van der Waals surface area contributed by atoms with Crippen molar-refractivity contribution in [1.82, 2.24) is 15.2 Å². The van der Waals surface area contributed by atoms with Crippen molar-refractivity contribution in [3.63, 3.8) is 0 Å². The van der Waals surface area contributed by atoms with Crippen molar-refractivity contribution >= 4 is 22.5 Å². The lowest BCUT2D eigenvalue weighted by Crippen LogP contribution is -2.28. The zero-order valence-electron chi connectivity index (χ0n) is 9.82. The van der Waals surface area contributed by atoms with Gasteiger partial charge in [-0.15, -0.1) is 17.9 Å². The fourth-order valence-electron chi connectivity index (χ4n) is 1.68. The molecule has 92 valence electrons. The third-order valence-electron chi connectivity index (χ3n) is 2.55. The fourth-order valence-corrected chi connectivity index (χ4v) is 2.77. The highest BCUT2D eigenvalue weighted by Gasteiger charge is 2.18. The molecular weight excluding hydrogens is 236 g/mol. The molecule has 0 unspecified atom stereocenters. The number of amides is 2. The summed E-state index contributed by atoms with van der Waals surface area (Å²) in [6.07, 6.45) is 2.60. The van der Waals surface area contributed by atoms with Crippen molar-refractivity contribution < 1.29 is 4.79 Å². The van der Waals surface area contributed by atoms with Gasteiger partial charge in [-0.2, -0.15) is 0 Å². The van der Waals surface area contributed by atoms with E-state index in [9.17, 15) is 4.79 Å². The first-order valence-electron chi connectivity index (χ1n) is 5.52.